The molecule has 0 heterocycles. The molecule has 2 amide bonds. The van der Waals surface area contributed by atoms with E-state index < -0.39 is 11.8 Å². The van der Waals surface area contributed by atoms with E-state index in [9.17, 15) is 9.59 Å². The zero-order chi connectivity index (χ0) is 15.7. The quantitative estimate of drug-likeness (QED) is 0.241. The van der Waals surface area contributed by atoms with Crippen molar-refractivity contribution in [3.8, 4) is 6.07 Å². The molecule has 7 heteroatoms. The number of anilines is 1. The van der Waals surface area contributed by atoms with Gasteiger partial charge in [0, 0.05) is 24.3 Å². The summed E-state index contributed by atoms with van der Waals surface area (Å²) < 4.78 is 0. The number of nitrogens with one attached hydrogen (secondary N) is 2. The van der Waals surface area contributed by atoms with Crippen LogP contribution >= 0.6 is 11.6 Å². The first-order chi connectivity index (χ1) is 10.1. The molecular weight excluding hydrogens is 292 g/mol. The first-order valence-electron chi connectivity index (χ1n) is 6.20. The second-order valence-corrected chi connectivity index (χ2v) is 4.41. The minimum Gasteiger partial charge on any atom is -0.398 e. The van der Waals surface area contributed by atoms with Crippen molar-refractivity contribution >= 4 is 29.1 Å². The van der Waals surface area contributed by atoms with E-state index in [0.717, 1.165) is 6.20 Å². The van der Waals surface area contributed by atoms with Crippen LogP contribution in [0.2, 0.25) is 0 Å². The highest BCUT2D eigenvalue weighted by Crippen LogP contribution is 2.09. The minimum absolute atomic E-state index is 0.201. The van der Waals surface area contributed by atoms with Crippen LogP contribution in [0, 0.1) is 11.3 Å². The molecule has 0 saturated heterocycles. The minimum atomic E-state index is -0.566. The Balaban J connectivity index is 2.69. The molecule has 0 spiro atoms. The van der Waals surface area contributed by atoms with E-state index in [1.54, 1.807) is 30.3 Å². The lowest BCUT2D eigenvalue weighted by Gasteiger charge is -2.05. The number of halogens is 1. The van der Waals surface area contributed by atoms with Gasteiger partial charge >= 0.3 is 0 Å². The standard InChI is InChI=1S/C14H15ClN4O2/c15-6-3-7-18-13(20)10(8-16)9-19-14(21)11-4-1-2-5-12(11)17/h1-2,4-5,9H,3,6-7,17H2,(H,18,20)(H,19,21)/b10-9-. The van der Waals surface area contributed by atoms with Gasteiger partial charge in [0.05, 0.1) is 5.56 Å². The van der Waals surface area contributed by atoms with Crippen molar-refractivity contribution in [1.82, 2.24) is 10.6 Å². The fraction of sp³-hybridized carbons (Fsp3) is 0.214. The van der Waals surface area contributed by atoms with Crippen LogP contribution in [0.5, 0.6) is 0 Å². The maximum atomic E-state index is 11.9. The third-order valence-corrected chi connectivity index (χ3v) is 2.78. The number of carbonyl (C=O) groups is 2. The molecule has 110 valence electrons. The SMILES string of the molecule is N#C/C(=C/NC(=O)c1ccccc1N)C(=O)NCCCCl. The number of nitrogen functional groups attached to an aromatic ring is 1. The van der Waals surface area contributed by atoms with E-state index in [0.29, 0.717) is 24.5 Å². The van der Waals surface area contributed by atoms with E-state index >= 15 is 0 Å². The molecule has 0 aromatic heterocycles. The Morgan fingerprint density at radius 2 is 2.10 bits per heavy atom. The topological polar surface area (TPSA) is 108 Å². The number of hydrogen-bond acceptors (Lipinski definition) is 4. The summed E-state index contributed by atoms with van der Waals surface area (Å²) in [6.07, 6.45) is 1.66. The molecule has 0 unspecified atom stereocenters. The number of nitrogens with zero attached hydrogens (tertiary/aromatic N) is 1. The van der Waals surface area contributed by atoms with Crippen LogP contribution in [0.1, 0.15) is 16.8 Å². The van der Waals surface area contributed by atoms with Crippen molar-refractivity contribution in [2.24, 2.45) is 0 Å². The maximum Gasteiger partial charge on any atom is 0.263 e. The van der Waals surface area contributed by atoms with E-state index in [2.05, 4.69) is 10.6 Å². The number of para-hydroxylation sites is 1. The zero-order valence-corrected chi connectivity index (χ0v) is 12.0. The third kappa shape index (κ3) is 5.16. The summed E-state index contributed by atoms with van der Waals surface area (Å²) in [4.78, 5) is 23.5. The molecular formula is C14H15ClN4O2. The number of benzene rings is 1. The highest BCUT2D eigenvalue weighted by molar-refractivity contribution is 6.17. The Morgan fingerprint density at radius 1 is 1.38 bits per heavy atom. The van der Waals surface area contributed by atoms with Gasteiger partial charge in [-0.1, -0.05) is 12.1 Å². The Kier molecular flexibility index (Phi) is 6.78. The summed E-state index contributed by atoms with van der Waals surface area (Å²) in [6.45, 7) is 0.362. The monoisotopic (exact) mass is 306 g/mol. The number of rotatable bonds is 6. The van der Waals surface area contributed by atoms with E-state index in [4.69, 9.17) is 22.6 Å². The second-order valence-electron chi connectivity index (χ2n) is 4.03. The maximum absolute atomic E-state index is 11.9. The van der Waals surface area contributed by atoms with Gasteiger partial charge in [0.2, 0.25) is 0 Å². The van der Waals surface area contributed by atoms with Gasteiger partial charge < -0.3 is 16.4 Å². The van der Waals surface area contributed by atoms with Crippen LogP contribution in [-0.2, 0) is 4.79 Å². The van der Waals surface area contributed by atoms with Crippen LogP contribution in [0.25, 0.3) is 0 Å². The molecule has 21 heavy (non-hydrogen) atoms. The summed E-state index contributed by atoms with van der Waals surface area (Å²) in [5.41, 5.74) is 6.05. The highest BCUT2D eigenvalue weighted by atomic mass is 35.5. The Hall–Kier alpha value is -2.52. The van der Waals surface area contributed by atoms with Crippen LogP contribution in [0.3, 0.4) is 0 Å². The van der Waals surface area contributed by atoms with Crippen molar-refractivity contribution < 1.29 is 9.59 Å². The second kappa shape index (κ2) is 8.61. The fourth-order valence-electron chi connectivity index (χ4n) is 1.43. The van der Waals surface area contributed by atoms with Crippen LogP contribution in [0.4, 0.5) is 5.69 Å². The molecule has 0 bridgehead atoms. The number of carbonyl (C=O) groups excluding carboxylic acids is 2. The lowest BCUT2D eigenvalue weighted by molar-refractivity contribution is -0.117. The molecule has 1 rings (SSSR count). The first-order valence-corrected chi connectivity index (χ1v) is 6.73. The predicted molar refractivity (Wildman–Crippen MR) is 80.4 cm³/mol. The van der Waals surface area contributed by atoms with Gasteiger partial charge in [0.15, 0.2) is 0 Å². The normalized spacial score (nSPS) is 10.6. The molecule has 0 fully saturated rings. The van der Waals surface area contributed by atoms with Gasteiger partial charge in [-0.15, -0.1) is 11.6 Å². The van der Waals surface area contributed by atoms with Crippen molar-refractivity contribution in [1.29, 1.82) is 5.26 Å². The fourth-order valence-corrected chi connectivity index (χ4v) is 1.57. The largest absolute Gasteiger partial charge is 0.398 e. The molecule has 0 atom stereocenters. The molecule has 0 aliphatic carbocycles. The van der Waals surface area contributed by atoms with Crippen molar-refractivity contribution in [2.45, 2.75) is 6.42 Å². The molecule has 6 nitrogen and oxygen atoms in total. The molecule has 1 aromatic rings. The number of hydrogen-bond donors (Lipinski definition) is 3. The van der Waals surface area contributed by atoms with Gasteiger partial charge in [-0.3, -0.25) is 9.59 Å². The zero-order valence-electron chi connectivity index (χ0n) is 11.2. The summed E-state index contributed by atoms with van der Waals surface area (Å²) >= 11 is 5.48. The number of amides is 2. The van der Waals surface area contributed by atoms with Gasteiger partial charge in [-0.25, -0.2) is 0 Å². The van der Waals surface area contributed by atoms with Crippen molar-refractivity contribution in [3.05, 3.63) is 41.6 Å². The van der Waals surface area contributed by atoms with Crippen molar-refractivity contribution in [2.75, 3.05) is 18.2 Å². The summed E-state index contributed by atoms with van der Waals surface area (Å²) in [6, 6.07) is 8.22. The summed E-state index contributed by atoms with van der Waals surface area (Å²) in [5, 5.41) is 13.8. The molecule has 0 saturated carbocycles. The van der Waals surface area contributed by atoms with E-state index in [1.807, 2.05) is 0 Å². The average Bonchev–Trinajstić information content (AvgIpc) is 2.48. The number of nitriles is 1. The molecule has 4 N–H and O–H groups in total. The van der Waals surface area contributed by atoms with E-state index in [-0.39, 0.29) is 11.1 Å². The molecule has 0 aliphatic heterocycles. The molecule has 0 radical (unpaired) electrons. The Morgan fingerprint density at radius 3 is 2.71 bits per heavy atom. The average molecular weight is 307 g/mol. The summed E-state index contributed by atoms with van der Waals surface area (Å²) in [7, 11) is 0. The van der Waals surface area contributed by atoms with Crippen LogP contribution in [-0.4, -0.2) is 24.2 Å². The van der Waals surface area contributed by atoms with Gasteiger partial charge in [0.25, 0.3) is 11.8 Å². The third-order valence-electron chi connectivity index (χ3n) is 2.51. The molecule has 1 aromatic carbocycles. The highest BCUT2D eigenvalue weighted by Gasteiger charge is 2.11. The first kappa shape index (κ1) is 16.5. The van der Waals surface area contributed by atoms with Gasteiger partial charge in [-0.05, 0) is 18.6 Å². The van der Waals surface area contributed by atoms with E-state index in [1.165, 1.54) is 0 Å². The predicted octanol–water partition coefficient (Wildman–Crippen LogP) is 1.15. The van der Waals surface area contributed by atoms with Crippen LogP contribution < -0.4 is 16.4 Å². The molecule has 0 aliphatic rings. The number of alkyl halides is 1. The lowest BCUT2D eigenvalue weighted by atomic mass is 10.1. The van der Waals surface area contributed by atoms with Gasteiger partial charge in [0.1, 0.15) is 11.6 Å². The Labute approximate surface area is 127 Å². The lowest BCUT2D eigenvalue weighted by Crippen LogP contribution is -2.28. The van der Waals surface area contributed by atoms with Crippen molar-refractivity contribution in [3.63, 3.8) is 0 Å². The summed E-state index contributed by atoms with van der Waals surface area (Å²) in [5.74, 6) is -0.644. The van der Waals surface area contributed by atoms with Gasteiger partial charge in [-0.2, -0.15) is 5.26 Å². The Bertz CT molecular complexity index is 593. The number of nitrogens with two attached hydrogens (primary N) is 1. The smallest absolute Gasteiger partial charge is 0.263 e. The van der Waals surface area contributed by atoms with Crippen LogP contribution in [0.15, 0.2) is 36.0 Å².